The number of furan rings is 1. The van der Waals surface area contributed by atoms with Gasteiger partial charge in [-0.15, -0.1) is 0 Å². The molecule has 1 aromatic heterocycles. The van der Waals surface area contributed by atoms with Crippen LogP contribution in [0.2, 0.25) is 0 Å². The van der Waals surface area contributed by atoms with Crippen LogP contribution in [0.25, 0.3) is 0 Å². The lowest BCUT2D eigenvalue weighted by molar-refractivity contribution is -0.126. The summed E-state index contributed by atoms with van der Waals surface area (Å²) in [5.74, 6) is 0.756. The lowest BCUT2D eigenvalue weighted by Gasteiger charge is -2.24. The minimum absolute atomic E-state index is 0.0103. The number of likely N-dealkylation sites (N-methyl/N-ethyl adjacent to an activating group) is 1. The van der Waals surface area contributed by atoms with Gasteiger partial charge in [-0.1, -0.05) is 32.0 Å². The minimum atomic E-state index is -0.341. The van der Waals surface area contributed by atoms with E-state index in [0.29, 0.717) is 19.0 Å². The summed E-state index contributed by atoms with van der Waals surface area (Å²) in [6, 6.07) is 11.7. The summed E-state index contributed by atoms with van der Waals surface area (Å²) in [5, 5.41) is 3.02. The Morgan fingerprint density at radius 2 is 2.03 bits per heavy atom. The fourth-order valence-electron chi connectivity index (χ4n) is 3.85. The van der Waals surface area contributed by atoms with E-state index < -0.39 is 0 Å². The molecule has 3 rings (SSSR count). The van der Waals surface area contributed by atoms with E-state index in [4.69, 9.17) is 4.42 Å². The van der Waals surface area contributed by atoms with Gasteiger partial charge in [0.15, 0.2) is 0 Å². The van der Waals surface area contributed by atoms with Gasteiger partial charge >= 0.3 is 0 Å². The van der Waals surface area contributed by atoms with Crippen molar-refractivity contribution < 1.29 is 14.0 Å². The molecule has 1 saturated heterocycles. The first-order chi connectivity index (χ1) is 13.9. The second-order valence-corrected chi connectivity index (χ2v) is 8.01. The molecule has 2 amide bonds. The van der Waals surface area contributed by atoms with Gasteiger partial charge in [-0.05, 0) is 50.2 Å². The van der Waals surface area contributed by atoms with Crippen molar-refractivity contribution in [3.63, 3.8) is 0 Å². The van der Waals surface area contributed by atoms with Crippen molar-refractivity contribution in [1.29, 1.82) is 0 Å². The van der Waals surface area contributed by atoms with Gasteiger partial charge < -0.3 is 14.6 Å². The second-order valence-electron chi connectivity index (χ2n) is 8.01. The average Bonchev–Trinajstić information content (AvgIpc) is 3.37. The van der Waals surface area contributed by atoms with E-state index in [0.717, 1.165) is 23.4 Å². The molecule has 0 spiro atoms. The number of rotatable bonds is 8. The molecule has 3 atom stereocenters. The maximum absolute atomic E-state index is 12.8. The quantitative estimate of drug-likeness (QED) is 0.740. The second kappa shape index (κ2) is 9.27. The third-order valence-corrected chi connectivity index (χ3v) is 5.83. The van der Waals surface area contributed by atoms with Crippen LogP contribution in [0.5, 0.6) is 0 Å². The molecule has 1 aliphatic heterocycles. The fraction of sp³-hybridized carbons (Fsp3) is 0.478. The van der Waals surface area contributed by atoms with E-state index in [1.807, 2.05) is 49.3 Å². The molecule has 156 valence electrons. The van der Waals surface area contributed by atoms with Crippen LogP contribution < -0.4 is 10.2 Å². The molecule has 1 aliphatic rings. The monoisotopic (exact) mass is 397 g/mol. The summed E-state index contributed by atoms with van der Waals surface area (Å²) in [6.45, 7) is 5.17. The standard InChI is InChI=1S/C23H31N3O3/c1-5-16(2)18-9-6-7-10-19(18)26-15-17(13-22(26)27)23(28)24-14-20(25(3)4)21-11-8-12-29-21/h6-12,16-17,20H,5,13-15H2,1-4H3,(H,24,28). The first-order valence-electron chi connectivity index (χ1n) is 10.3. The normalized spacial score (nSPS) is 18.9. The van der Waals surface area contributed by atoms with E-state index in [-0.39, 0.29) is 30.2 Å². The molecule has 2 aromatic rings. The van der Waals surface area contributed by atoms with E-state index in [1.165, 1.54) is 0 Å². The predicted molar refractivity (Wildman–Crippen MR) is 114 cm³/mol. The highest BCUT2D eigenvalue weighted by Gasteiger charge is 2.36. The molecule has 1 aromatic carbocycles. The van der Waals surface area contributed by atoms with E-state index in [2.05, 4.69) is 25.2 Å². The van der Waals surface area contributed by atoms with Gasteiger partial charge in [0.05, 0.1) is 18.2 Å². The molecule has 2 heterocycles. The van der Waals surface area contributed by atoms with Crippen LogP contribution in [0.4, 0.5) is 5.69 Å². The Bertz CT molecular complexity index is 832. The topological polar surface area (TPSA) is 65.8 Å². The predicted octanol–water partition coefficient (Wildman–Crippen LogP) is 3.57. The molecule has 0 radical (unpaired) electrons. The largest absolute Gasteiger partial charge is 0.468 e. The maximum atomic E-state index is 12.8. The molecular weight excluding hydrogens is 366 g/mol. The average molecular weight is 398 g/mol. The van der Waals surface area contributed by atoms with Crippen LogP contribution in [0, 0.1) is 5.92 Å². The summed E-state index contributed by atoms with van der Waals surface area (Å²) >= 11 is 0. The third-order valence-electron chi connectivity index (χ3n) is 5.83. The van der Waals surface area contributed by atoms with Crippen LogP contribution in [0.1, 0.15) is 50.0 Å². The number of nitrogens with zero attached hydrogens (tertiary/aromatic N) is 2. The molecule has 0 saturated carbocycles. The molecule has 1 N–H and O–H groups in total. The van der Waals surface area contributed by atoms with E-state index >= 15 is 0 Å². The van der Waals surface area contributed by atoms with Gasteiger partial charge in [0.1, 0.15) is 5.76 Å². The lowest BCUT2D eigenvalue weighted by Crippen LogP contribution is -2.38. The zero-order valence-corrected chi connectivity index (χ0v) is 17.7. The highest BCUT2D eigenvalue weighted by Crippen LogP contribution is 2.33. The zero-order chi connectivity index (χ0) is 21.0. The number of hydrogen-bond donors (Lipinski definition) is 1. The van der Waals surface area contributed by atoms with Crippen molar-refractivity contribution in [2.75, 3.05) is 32.1 Å². The molecule has 3 unspecified atom stereocenters. The van der Waals surface area contributed by atoms with Gasteiger partial charge in [-0.2, -0.15) is 0 Å². The number of para-hydroxylation sites is 1. The van der Waals surface area contributed by atoms with Crippen molar-refractivity contribution in [3.05, 3.63) is 54.0 Å². The first kappa shape index (κ1) is 21.1. The van der Waals surface area contributed by atoms with Crippen molar-refractivity contribution in [1.82, 2.24) is 10.2 Å². The lowest BCUT2D eigenvalue weighted by atomic mass is 9.96. The third kappa shape index (κ3) is 4.70. The summed E-state index contributed by atoms with van der Waals surface area (Å²) in [7, 11) is 3.90. The van der Waals surface area contributed by atoms with Gasteiger partial charge in [-0.3, -0.25) is 14.5 Å². The number of hydrogen-bond acceptors (Lipinski definition) is 4. The first-order valence-corrected chi connectivity index (χ1v) is 10.3. The molecule has 6 nitrogen and oxygen atoms in total. The van der Waals surface area contributed by atoms with Crippen molar-refractivity contribution >= 4 is 17.5 Å². The number of carbonyl (C=O) groups is 2. The molecule has 1 fully saturated rings. The summed E-state index contributed by atoms with van der Waals surface area (Å²) in [5.41, 5.74) is 2.10. The van der Waals surface area contributed by atoms with Crippen LogP contribution in [-0.4, -0.2) is 43.9 Å². The number of carbonyl (C=O) groups excluding carboxylic acids is 2. The summed E-state index contributed by atoms with van der Waals surface area (Å²) in [4.78, 5) is 29.3. The Morgan fingerprint density at radius 3 is 2.69 bits per heavy atom. The van der Waals surface area contributed by atoms with Gasteiger partial charge in [0.2, 0.25) is 11.8 Å². The maximum Gasteiger partial charge on any atom is 0.227 e. The Kier molecular flexibility index (Phi) is 6.75. The van der Waals surface area contributed by atoms with Crippen LogP contribution in [0.3, 0.4) is 0 Å². The number of nitrogens with one attached hydrogen (secondary N) is 1. The van der Waals surface area contributed by atoms with Crippen molar-refractivity contribution in [3.8, 4) is 0 Å². The van der Waals surface area contributed by atoms with Gasteiger partial charge in [0.25, 0.3) is 0 Å². The SMILES string of the molecule is CCC(C)c1ccccc1N1CC(C(=O)NCC(c2ccco2)N(C)C)CC1=O. The van der Waals surface area contributed by atoms with E-state index in [1.54, 1.807) is 11.2 Å². The number of anilines is 1. The number of benzene rings is 1. The fourth-order valence-corrected chi connectivity index (χ4v) is 3.85. The van der Waals surface area contributed by atoms with E-state index in [9.17, 15) is 9.59 Å². The highest BCUT2D eigenvalue weighted by atomic mass is 16.3. The van der Waals surface area contributed by atoms with Crippen LogP contribution >= 0.6 is 0 Å². The Balaban J connectivity index is 1.67. The Hall–Kier alpha value is -2.60. The molecule has 0 bridgehead atoms. The van der Waals surface area contributed by atoms with Crippen LogP contribution in [-0.2, 0) is 9.59 Å². The molecule has 29 heavy (non-hydrogen) atoms. The highest BCUT2D eigenvalue weighted by molar-refractivity contribution is 6.00. The molecule has 6 heteroatoms. The van der Waals surface area contributed by atoms with Gasteiger partial charge in [0, 0.05) is 25.2 Å². The smallest absolute Gasteiger partial charge is 0.227 e. The Labute approximate surface area is 172 Å². The molecule has 0 aliphatic carbocycles. The zero-order valence-electron chi connectivity index (χ0n) is 17.7. The Morgan fingerprint density at radius 1 is 1.28 bits per heavy atom. The number of amides is 2. The summed E-state index contributed by atoms with van der Waals surface area (Å²) < 4.78 is 5.50. The van der Waals surface area contributed by atoms with Crippen molar-refractivity contribution in [2.45, 2.75) is 38.6 Å². The van der Waals surface area contributed by atoms with Crippen LogP contribution in [0.15, 0.2) is 47.1 Å². The molecular formula is C23H31N3O3. The van der Waals surface area contributed by atoms with Gasteiger partial charge in [-0.25, -0.2) is 0 Å². The minimum Gasteiger partial charge on any atom is -0.468 e. The summed E-state index contributed by atoms with van der Waals surface area (Å²) in [6.07, 6.45) is 2.88. The van der Waals surface area contributed by atoms with Crippen molar-refractivity contribution in [2.24, 2.45) is 5.92 Å².